The third-order valence-corrected chi connectivity index (χ3v) is 7.76. The molecule has 204 valence electrons. The van der Waals surface area contributed by atoms with E-state index in [0.717, 1.165) is 22.3 Å². The molecular formula is C31H29Br2N5O2. The Bertz CT molecular complexity index is 1450. The van der Waals surface area contributed by atoms with E-state index in [2.05, 4.69) is 42.5 Å². The van der Waals surface area contributed by atoms with E-state index in [4.69, 9.17) is 16.9 Å². The van der Waals surface area contributed by atoms with Gasteiger partial charge in [-0.3, -0.25) is 15.0 Å². The van der Waals surface area contributed by atoms with Crippen molar-refractivity contribution in [3.63, 3.8) is 0 Å². The van der Waals surface area contributed by atoms with E-state index in [9.17, 15) is 9.59 Å². The van der Waals surface area contributed by atoms with Crippen LogP contribution in [-0.4, -0.2) is 23.7 Å². The van der Waals surface area contributed by atoms with Crippen LogP contribution in [0.15, 0.2) is 106 Å². The highest BCUT2D eigenvalue weighted by atomic mass is 79.9. The van der Waals surface area contributed by atoms with Gasteiger partial charge < -0.3 is 22.1 Å². The summed E-state index contributed by atoms with van der Waals surface area (Å²) < 4.78 is 1.43. The van der Waals surface area contributed by atoms with Gasteiger partial charge in [-0.25, -0.2) is 0 Å². The number of nitrogen functional groups attached to an aromatic ring is 2. The minimum atomic E-state index is -0.884. The highest BCUT2D eigenvalue weighted by Crippen LogP contribution is 2.29. The van der Waals surface area contributed by atoms with Crippen LogP contribution in [0.4, 0.5) is 5.69 Å². The molecule has 9 heteroatoms. The number of carbonyl (C=O) groups excluding carboxylic acids is 2. The van der Waals surface area contributed by atoms with Crippen LogP contribution in [0, 0.1) is 5.41 Å². The molecule has 0 aliphatic heterocycles. The van der Waals surface area contributed by atoms with Crippen molar-refractivity contribution in [1.29, 1.82) is 5.41 Å². The molecule has 0 fully saturated rings. The van der Waals surface area contributed by atoms with Gasteiger partial charge in [-0.1, -0.05) is 78.9 Å². The maximum atomic E-state index is 13.9. The number of hydrogen-bond donors (Lipinski definition) is 5. The fourth-order valence-electron chi connectivity index (χ4n) is 4.40. The van der Waals surface area contributed by atoms with Crippen molar-refractivity contribution in [3.8, 4) is 0 Å². The predicted molar refractivity (Wildman–Crippen MR) is 166 cm³/mol. The van der Waals surface area contributed by atoms with Gasteiger partial charge in [0, 0.05) is 27.5 Å². The second-order valence-corrected chi connectivity index (χ2v) is 11.0. The Morgan fingerprint density at radius 1 is 0.775 bits per heavy atom. The molecule has 0 saturated heterocycles. The maximum absolute atomic E-state index is 13.9. The summed E-state index contributed by atoms with van der Waals surface area (Å²) in [5.74, 6) is -1.31. The average Bonchev–Trinajstić information content (AvgIpc) is 2.95. The molecule has 0 aliphatic carbocycles. The SMILES string of the molecule is N=C(N)c1cccc(CC(NC(=O)C(c2ccccc2)c2ccccc2)C(=O)NCc2cc(Br)c(N)c(Br)c2)c1. The van der Waals surface area contributed by atoms with Gasteiger partial charge in [-0.2, -0.15) is 0 Å². The van der Waals surface area contributed by atoms with Crippen LogP contribution in [0.1, 0.15) is 33.7 Å². The molecular weight excluding hydrogens is 634 g/mol. The molecule has 0 radical (unpaired) electrons. The van der Waals surface area contributed by atoms with E-state index in [-0.39, 0.29) is 30.6 Å². The van der Waals surface area contributed by atoms with Gasteiger partial charge in [-0.05, 0) is 72.3 Å². The molecule has 7 N–H and O–H groups in total. The third-order valence-electron chi connectivity index (χ3n) is 6.44. The first kappa shape index (κ1) is 29.0. The predicted octanol–water partition coefficient (Wildman–Crippen LogP) is 5.25. The van der Waals surface area contributed by atoms with Crippen LogP contribution in [0.2, 0.25) is 0 Å². The van der Waals surface area contributed by atoms with Gasteiger partial charge in [0.05, 0.1) is 11.6 Å². The maximum Gasteiger partial charge on any atom is 0.243 e. The summed E-state index contributed by atoms with van der Waals surface area (Å²) in [6.45, 7) is 0.233. The topological polar surface area (TPSA) is 134 Å². The van der Waals surface area contributed by atoms with Gasteiger partial charge in [0.15, 0.2) is 0 Å². The molecule has 0 heterocycles. The lowest BCUT2D eigenvalue weighted by molar-refractivity contribution is -0.129. The van der Waals surface area contributed by atoms with E-state index >= 15 is 0 Å². The third kappa shape index (κ3) is 7.37. The van der Waals surface area contributed by atoms with Crippen molar-refractivity contribution in [2.75, 3.05) is 5.73 Å². The lowest BCUT2D eigenvalue weighted by Crippen LogP contribution is -2.49. The molecule has 0 spiro atoms. The highest BCUT2D eigenvalue weighted by Gasteiger charge is 2.28. The minimum Gasteiger partial charge on any atom is -0.397 e. The van der Waals surface area contributed by atoms with Crippen LogP contribution in [0.25, 0.3) is 0 Å². The number of amidine groups is 1. The smallest absolute Gasteiger partial charge is 0.243 e. The van der Waals surface area contributed by atoms with E-state index < -0.39 is 12.0 Å². The van der Waals surface area contributed by atoms with Crippen LogP contribution in [0.3, 0.4) is 0 Å². The number of hydrogen-bond acceptors (Lipinski definition) is 4. The van der Waals surface area contributed by atoms with Crippen molar-refractivity contribution in [2.45, 2.75) is 24.9 Å². The standard InChI is InChI=1S/C31H29Br2N5O2/c32-24-15-20(16-25(33)28(24)34)18-37-30(39)26(17-19-8-7-13-23(14-19)29(35)36)38-31(40)27(21-9-3-1-4-10-21)22-11-5-2-6-12-22/h1-16,26-27H,17-18,34H2,(H3,35,36)(H,37,39)(H,38,40). The van der Waals surface area contributed by atoms with Gasteiger partial charge in [0.2, 0.25) is 11.8 Å². The number of nitrogens with two attached hydrogens (primary N) is 2. The average molecular weight is 663 g/mol. The number of benzene rings is 4. The number of anilines is 1. The van der Waals surface area contributed by atoms with E-state index in [1.807, 2.05) is 78.9 Å². The number of carbonyl (C=O) groups is 2. The van der Waals surface area contributed by atoms with Gasteiger partial charge in [-0.15, -0.1) is 0 Å². The lowest BCUT2D eigenvalue weighted by Gasteiger charge is -2.23. The first-order valence-corrected chi connectivity index (χ1v) is 14.2. The summed E-state index contributed by atoms with van der Waals surface area (Å²) in [6, 6.07) is 28.9. The number of nitrogens with one attached hydrogen (secondary N) is 3. The van der Waals surface area contributed by atoms with E-state index in [1.165, 1.54) is 0 Å². The molecule has 0 bridgehead atoms. The molecule has 1 unspecified atom stereocenters. The van der Waals surface area contributed by atoms with Crippen LogP contribution in [-0.2, 0) is 22.6 Å². The first-order valence-electron chi connectivity index (χ1n) is 12.6. The van der Waals surface area contributed by atoms with Gasteiger partial charge in [0.25, 0.3) is 0 Å². The fourth-order valence-corrected chi connectivity index (χ4v) is 5.68. The molecule has 2 amide bonds. The summed E-state index contributed by atoms with van der Waals surface area (Å²) in [7, 11) is 0. The zero-order chi connectivity index (χ0) is 28.6. The quantitative estimate of drug-likeness (QED) is 0.0901. The Morgan fingerprint density at radius 2 is 1.35 bits per heavy atom. The normalized spacial score (nSPS) is 11.6. The highest BCUT2D eigenvalue weighted by molar-refractivity contribution is 9.11. The zero-order valence-electron chi connectivity index (χ0n) is 21.5. The summed E-state index contributed by atoms with van der Waals surface area (Å²) in [5, 5.41) is 13.7. The van der Waals surface area contributed by atoms with Crippen LogP contribution >= 0.6 is 31.9 Å². The molecule has 0 saturated carbocycles. The molecule has 0 aromatic heterocycles. The Hall–Kier alpha value is -3.95. The summed E-state index contributed by atoms with van der Waals surface area (Å²) in [4.78, 5) is 27.4. The fraction of sp³-hybridized carbons (Fsp3) is 0.129. The summed E-state index contributed by atoms with van der Waals surface area (Å²) in [6.07, 6.45) is 0.212. The van der Waals surface area contributed by atoms with Crippen LogP contribution in [0.5, 0.6) is 0 Å². The summed E-state index contributed by atoms with van der Waals surface area (Å²) in [5.41, 5.74) is 16.0. The lowest BCUT2D eigenvalue weighted by atomic mass is 9.90. The number of rotatable bonds is 10. The van der Waals surface area contributed by atoms with Crippen molar-refractivity contribution in [2.24, 2.45) is 5.73 Å². The monoisotopic (exact) mass is 661 g/mol. The second kappa shape index (κ2) is 13.4. The van der Waals surface area contributed by atoms with E-state index in [0.29, 0.717) is 20.2 Å². The Labute approximate surface area is 250 Å². The molecule has 0 aliphatic rings. The van der Waals surface area contributed by atoms with Crippen molar-refractivity contribution >= 4 is 55.2 Å². The van der Waals surface area contributed by atoms with Gasteiger partial charge >= 0.3 is 0 Å². The molecule has 4 aromatic rings. The van der Waals surface area contributed by atoms with Crippen molar-refractivity contribution in [3.05, 3.63) is 134 Å². The first-order chi connectivity index (χ1) is 19.2. The second-order valence-electron chi connectivity index (χ2n) is 9.32. The molecule has 1 atom stereocenters. The molecule has 7 nitrogen and oxygen atoms in total. The van der Waals surface area contributed by atoms with Crippen molar-refractivity contribution < 1.29 is 9.59 Å². The van der Waals surface area contributed by atoms with Crippen molar-refractivity contribution in [1.82, 2.24) is 10.6 Å². The minimum absolute atomic E-state index is 0.0698. The Balaban J connectivity index is 1.62. The zero-order valence-corrected chi connectivity index (χ0v) is 24.7. The number of amides is 2. The largest absolute Gasteiger partial charge is 0.397 e. The summed E-state index contributed by atoms with van der Waals surface area (Å²) >= 11 is 6.87. The Morgan fingerprint density at radius 3 is 1.90 bits per heavy atom. The van der Waals surface area contributed by atoms with Crippen LogP contribution < -0.4 is 22.1 Å². The molecule has 4 aromatic carbocycles. The number of halogens is 2. The molecule has 40 heavy (non-hydrogen) atoms. The van der Waals surface area contributed by atoms with E-state index in [1.54, 1.807) is 18.2 Å². The van der Waals surface area contributed by atoms with Gasteiger partial charge in [0.1, 0.15) is 11.9 Å². The Kier molecular flexibility index (Phi) is 9.74. The molecule has 4 rings (SSSR count).